The molecule has 0 rings (SSSR count). The van der Waals surface area contributed by atoms with E-state index in [9.17, 15) is 14.4 Å². The van der Waals surface area contributed by atoms with Crippen LogP contribution in [0.15, 0.2) is 0 Å². The molecular formula is C50H96O6. The summed E-state index contributed by atoms with van der Waals surface area (Å²) >= 11 is 0. The number of hydrogen-bond donors (Lipinski definition) is 0. The van der Waals surface area contributed by atoms with Crippen LogP contribution in [0.5, 0.6) is 0 Å². The van der Waals surface area contributed by atoms with Gasteiger partial charge in [-0.25, -0.2) is 0 Å². The van der Waals surface area contributed by atoms with Gasteiger partial charge in [0.25, 0.3) is 0 Å². The molecule has 6 nitrogen and oxygen atoms in total. The number of ether oxygens (including phenoxy) is 3. The summed E-state index contributed by atoms with van der Waals surface area (Å²) in [7, 11) is 0. The summed E-state index contributed by atoms with van der Waals surface area (Å²) in [6.07, 6.45) is 39.6. The van der Waals surface area contributed by atoms with Crippen molar-refractivity contribution in [1.29, 1.82) is 0 Å². The van der Waals surface area contributed by atoms with E-state index in [0.717, 1.165) is 75.5 Å². The maximum absolute atomic E-state index is 12.7. The highest BCUT2D eigenvalue weighted by Gasteiger charge is 2.19. The monoisotopic (exact) mass is 793 g/mol. The van der Waals surface area contributed by atoms with E-state index in [2.05, 4.69) is 41.5 Å². The molecule has 0 spiro atoms. The molecule has 0 aliphatic carbocycles. The minimum atomic E-state index is -0.763. The zero-order chi connectivity index (χ0) is 41.3. The maximum Gasteiger partial charge on any atom is 0.306 e. The van der Waals surface area contributed by atoms with Crippen LogP contribution in [0.3, 0.4) is 0 Å². The van der Waals surface area contributed by atoms with Crippen LogP contribution in [-0.2, 0) is 28.6 Å². The molecule has 0 fully saturated rings. The van der Waals surface area contributed by atoms with E-state index < -0.39 is 6.10 Å². The van der Waals surface area contributed by atoms with Gasteiger partial charge in [-0.2, -0.15) is 0 Å². The van der Waals surface area contributed by atoms with Gasteiger partial charge in [-0.05, 0) is 37.0 Å². The van der Waals surface area contributed by atoms with E-state index in [-0.39, 0.29) is 31.1 Å². The molecule has 0 heterocycles. The van der Waals surface area contributed by atoms with Crippen LogP contribution in [0.1, 0.15) is 266 Å². The fourth-order valence-corrected chi connectivity index (χ4v) is 7.38. The molecule has 0 aliphatic rings. The zero-order valence-electron chi connectivity index (χ0n) is 38.4. The average molecular weight is 793 g/mol. The van der Waals surface area contributed by atoms with Gasteiger partial charge in [0.15, 0.2) is 6.10 Å². The fraction of sp³-hybridized carbons (Fsp3) is 0.940. The summed E-state index contributed by atoms with van der Waals surface area (Å²) in [5.41, 5.74) is 0. The SMILES string of the molecule is CCC(C)CCCCCCCCC(=O)O[C@@H](COC(=O)CCCCCCCCCCCCCCCCCC(C)C)COC(=O)CCCCCCCCCC(C)C. The second-order valence-corrected chi connectivity index (χ2v) is 18.3. The topological polar surface area (TPSA) is 78.9 Å². The van der Waals surface area contributed by atoms with Gasteiger partial charge < -0.3 is 14.2 Å². The Kier molecular flexibility index (Phi) is 40.4. The largest absolute Gasteiger partial charge is 0.462 e. The van der Waals surface area contributed by atoms with Gasteiger partial charge in [0.1, 0.15) is 13.2 Å². The Balaban J connectivity index is 4.25. The van der Waals surface area contributed by atoms with E-state index in [1.54, 1.807) is 0 Å². The van der Waals surface area contributed by atoms with E-state index >= 15 is 0 Å². The summed E-state index contributed by atoms with van der Waals surface area (Å²) in [5.74, 6) is 1.58. The number of carbonyl (C=O) groups excluding carboxylic acids is 3. The van der Waals surface area contributed by atoms with Crippen LogP contribution in [0.25, 0.3) is 0 Å². The number of unbranched alkanes of at least 4 members (excludes halogenated alkanes) is 25. The molecule has 0 saturated heterocycles. The molecule has 0 aromatic rings. The Morgan fingerprint density at radius 1 is 0.357 bits per heavy atom. The van der Waals surface area contributed by atoms with Crippen molar-refractivity contribution in [3.63, 3.8) is 0 Å². The van der Waals surface area contributed by atoms with Crippen LogP contribution in [0.2, 0.25) is 0 Å². The van der Waals surface area contributed by atoms with Gasteiger partial charge in [0.2, 0.25) is 0 Å². The highest BCUT2D eigenvalue weighted by molar-refractivity contribution is 5.71. The average Bonchev–Trinajstić information content (AvgIpc) is 3.16. The molecule has 0 N–H and O–H groups in total. The second-order valence-electron chi connectivity index (χ2n) is 18.3. The Labute approximate surface area is 348 Å². The molecule has 1 unspecified atom stereocenters. The third-order valence-corrected chi connectivity index (χ3v) is 11.5. The van der Waals surface area contributed by atoms with Crippen molar-refractivity contribution in [3.8, 4) is 0 Å². The van der Waals surface area contributed by atoms with Gasteiger partial charge in [0, 0.05) is 19.3 Å². The molecule has 0 bridgehead atoms. The fourth-order valence-electron chi connectivity index (χ4n) is 7.38. The van der Waals surface area contributed by atoms with Gasteiger partial charge in [-0.3, -0.25) is 14.4 Å². The summed E-state index contributed by atoms with van der Waals surface area (Å²) < 4.78 is 16.7. The molecular weight excluding hydrogens is 697 g/mol. The van der Waals surface area contributed by atoms with Gasteiger partial charge in [-0.1, -0.05) is 228 Å². The predicted molar refractivity (Wildman–Crippen MR) is 238 cm³/mol. The summed E-state index contributed by atoms with van der Waals surface area (Å²) in [4.78, 5) is 37.8. The predicted octanol–water partition coefficient (Wildman–Crippen LogP) is 15.6. The maximum atomic E-state index is 12.7. The van der Waals surface area contributed by atoms with Crippen molar-refractivity contribution >= 4 is 17.9 Å². The quantitative estimate of drug-likeness (QED) is 0.0348. The lowest BCUT2D eigenvalue weighted by Crippen LogP contribution is -2.30. The van der Waals surface area contributed by atoms with Crippen molar-refractivity contribution in [1.82, 2.24) is 0 Å². The summed E-state index contributed by atoms with van der Waals surface area (Å²) in [6, 6.07) is 0. The van der Waals surface area contributed by atoms with Crippen LogP contribution >= 0.6 is 0 Å². The van der Waals surface area contributed by atoms with Gasteiger partial charge in [-0.15, -0.1) is 0 Å². The van der Waals surface area contributed by atoms with Crippen molar-refractivity contribution in [2.45, 2.75) is 272 Å². The highest BCUT2D eigenvalue weighted by Crippen LogP contribution is 2.18. The standard InChI is InChI=1S/C50H96O6/c1-7-46(6)38-32-26-22-23-29-35-41-50(53)56-47(43-55-49(52)40-34-28-21-17-19-25-31-37-45(4)5)42-54-48(51)39-33-27-20-16-14-12-10-8-9-11-13-15-18-24-30-36-44(2)3/h44-47H,7-43H2,1-6H3/t46?,47-/m0/s1. The summed E-state index contributed by atoms with van der Waals surface area (Å²) in [5, 5.41) is 0. The molecule has 2 atom stereocenters. The zero-order valence-corrected chi connectivity index (χ0v) is 38.4. The second kappa shape index (κ2) is 41.6. The number of rotatable bonds is 43. The molecule has 6 heteroatoms. The van der Waals surface area contributed by atoms with Crippen molar-refractivity contribution in [2.24, 2.45) is 17.8 Å². The van der Waals surface area contributed by atoms with Crippen molar-refractivity contribution < 1.29 is 28.6 Å². The number of hydrogen-bond acceptors (Lipinski definition) is 6. The van der Waals surface area contributed by atoms with Gasteiger partial charge in [0.05, 0.1) is 0 Å². The Bertz CT molecular complexity index is 870. The Morgan fingerprint density at radius 3 is 0.929 bits per heavy atom. The lowest BCUT2D eigenvalue weighted by molar-refractivity contribution is -0.167. The molecule has 0 aliphatic heterocycles. The van der Waals surface area contributed by atoms with E-state index in [1.165, 1.54) is 148 Å². The van der Waals surface area contributed by atoms with Crippen LogP contribution in [0, 0.1) is 17.8 Å². The molecule has 332 valence electrons. The number of carbonyl (C=O) groups is 3. The third kappa shape index (κ3) is 42.0. The van der Waals surface area contributed by atoms with Crippen molar-refractivity contribution in [2.75, 3.05) is 13.2 Å². The first-order valence-electron chi connectivity index (χ1n) is 24.6. The first kappa shape index (κ1) is 54.4. The van der Waals surface area contributed by atoms with Crippen LogP contribution < -0.4 is 0 Å². The molecule has 0 saturated carbocycles. The molecule has 56 heavy (non-hydrogen) atoms. The lowest BCUT2D eigenvalue weighted by Gasteiger charge is -2.18. The normalized spacial score (nSPS) is 12.6. The first-order valence-corrected chi connectivity index (χ1v) is 24.6. The molecule has 0 amide bonds. The van der Waals surface area contributed by atoms with Gasteiger partial charge >= 0.3 is 17.9 Å². The molecule has 0 radical (unpaired) electrons. The lowest BCUT2D eigenvalue weighted by atomic mass is 10.00. The minimum absolute atomic E-state index is 0.0663. The Morgan fingerprint density at radius 2 is 0.625 bits per heavy atom. The summed E-state index contributed by atoms with van der Waals surface area (Å²) in [6.45, 7) is 13.6. The minimum Gasteiger partial charge on any atom is -0.462 e. The number of esters is 3. The first-order chi connectivity index (χ1) is 27.1. The Hall–Kier alpha value is -1.59. The molecule has 0 aromatic heterocycles. The van der Waals surface area contributed by atoms with Crippen molar-refractivity contribution in [3.05, 3.63) is 0 Å². The third-order valence-electron chi connectivity index (χ3n) is 11.5. The van der Waals surface area contributed by atoms with E-state index in [1.807, 2.05) is 0 Å². The highest BCUT2D eigenvalue weighted by atomic mass is 16.6. The van der Waals surface area contributed by atoms with Crippen LogP contribution in [-0.4, -0.2) is 37.2 Å². The van der Waals surface area contributed by atoms with E-state index in [0.29, 0.717) is 19.3 Å². The molecule has 0 aromatic carbocycles. The van der Waals surface area contributed by atoms with E-state index in [4.69, 9.17) is 14.2 Å². The smallest absolute Gasteiger partial charge is 0.306 e. The van der Waals surface area contributed by atoms with Crippen LogP contribution in [0.4, 0.5) is 0 Å².